The quantitative estimate of drug-likeness (QED) is 0.889. The molecule has 0 radical (unpaired) electrons. The topological polar surface area (TPSA) is 41.1 Å². The molecule has 2 N–H and O–H groups in total. The number of amides is 1. The highest BCUT2D eigenvalue weighted by Crippen LogP contribution is 2.36. The lowest BCUT2D eigenvalue weighted by atomic mass is 9.86. The molecule has 1 atom stereocenters. The third kappa shape index (κ3) is 4.24. The molecule has 3 nitrogen and oxygen atoms in total. The van der Waals surface area contributed by atoms with Crippen LogP contribution in [0.4, 0.5) is 14.5 Å². The number of carbonyl (C=O) groups excluding carboxylic acids is 1. The molecule has 116 valence electrons. The van der Waals surface area contributed by atoms with Gasteiger partial charge in [-0.2, -0.15) is 0 Å². The number of carbonyl (C=O) groups is 1. The molecule has 0 saturated heterocycles. The molecule has 1 aliphatic carbocycles. The van der Waals surface area contributed by atoms with Crippen LogP contribution in [-0.4, -0.2) is 18.9 Å². The van der Waals surface area contributed by atoms with Crippen molar-refractivity contribution in [1.82, 2.24) is 5.32 Å². The van der Waals surface area contributed by atoms with Gasteiger partial charge in [-0.05, 0) is 44.5 Å². The Bertz CT molecular complexity index is 495. The molecule has 1 unspecified atom stereocenters. The normalized spacial score (nSPS) is 20.0. The van der Waals surface area contributed by atoms with Gasteiger partial charge in [-0.3, -0.25) is 4.79 Å². The maximum absolute atomic E-state index is 13.1. The zero-order valence-electron chi connectivity index (χ0n) is 12.5. The van der Waals surface area contributed by atoms with Crippen molar-refractivity contribution in [3.05, 3.63) is 29.8 Å². The monoisotopic (exact) mass is 296 g/mol. The van der Waals surface area contributed by atoms with Crippen LogP contribution in [0.2, 0.25) is 0 Å². The second-order valence-corrected chi connectivity index (χ2v) is 5.76. The number of nitrogens with one attached hydrogen (secondary N) is 2. The van der Waals surface area contributed by atoms with Gasteiger partial charge in [0.25, 0.3) is 0 Å². The van der Waals surface area contributed by atoms with Crippen LogP contribution in [0, 0.1) is 5.92 Å². The molecule has 1 aliphatic rings. The molecule has 1 saturated carbocycles. The van der Waals surface area contributed by atoms with Crippen LogP contribution in [0.5, 0.6) is 0 Å². The lowest BCUT2D eigenvalue weighted by Gasteiger charge is -2.27. The Morgan fingerprint density at radius 1 is 1.33 bits per heavy atom. The third-order valence-electron chi connectivity index (χ3n) is 4.18. The summed E-state index contributed by atoms with van der Waals surface area (Å²) in [5, 5.41) is 5.98. The van der Waals surface area contributed by atoms with E-state index in [2.05, 4.69) is 10.6 Å². The summed E-state index contributed by atoms with van der Waals surface area (Å²) in [5.41, 5.74) is 1.79. The molecule has 0 spiro atoms. The van der Waals surface area contributed by atoms with Crippen molar-refractivity contribution >= 4 is 11.6 Å². The number of benzene rings is 1. The summed E-state index contributed by atoms with van der Waals surface area (Å²) in [6.07, 6.45) is 0.126. The van der Waals surface area contributed by atoms with Crippen molar-refractivity contribution in [1.29, 1.82) is 0 Å². The molecule has 2 rings (SSSR count). The van der Waals surface area contributed by atoms with Crippen LogP contribution in [0.3, 0.4) is 0 Å². The molecule has 5 heteroatoms. The van der Waals surface area contributed by atoms with Crippen molar-refractivity contribution in [2.24, 2.45) is 5.92 Å². The summed E-state index contributed by atoms with van der Waals surface area (Å²) in [6, 6.07) is 7.79. The Balaban J connectivity index is 1.97. The van der Waals surface area contributed by atoms with E-state index in [1.807, 2.05) is 38.2 Å². The Morgan fingerprint density at radius 3 is 2.62 bits per heavy atom. The summed E-state index contributed by atoms with van der Waals surface area (Å²) in [7, 11) is 1.87. The van der Waals surface area contributed by atoms with Crippen LogP contribution in [0.1, 0.15) is 44.2 Å². The minimum absolute atomic E-state index is 0.153. The average molecular weight is 296 g/mol. The molecule has 0 heterocycles. The number of rotatable bonds is 4. The van der Waals surface area contributed by atoms with Crippen LogP contribution in [0.15, 0.2) is 24.3 Å². The van der Waals surface area contributed by atoms with E-state index < -0.39 is 5.92 Å². The first-order valence-electron chi connectivity index (χ1n) is 7.37. The number of hydrogen-bond donors (Lipinski definition) is 2. The first-order valence-corrected chi connectivity index (χ1v) is 7.37. The second-order valence-electron chi connectivity index (χ2n) is 5.76. The van der Waals surface area contributed by atoms with Crippen LogP contribution in [-0.2, 0) is 4.79 Å². The Hall–Kier alpha value is -1.49. The van der Waals surface area contributed by atoms with Crippen LogP contribution < -0.4 is 10.6 Å². The zero-order chi connectivity index (χ0) is 15.5. The average Bonchev–Trinajstić information content (AvgIpc) is 2.46. The Morgan fingerprint density at radius 2 is 2.00 bits per heavy atom. The molecule has 21 heavy (non-hydrogen) atoms. The highest BCUT2D eigenvalue weighted by Gasteiger charge is 2.37. The van der Waals surface area contributed by atoms with Gasteiger partial charge < -0.3 is 10.6 Å². The highest BCUT2D eigenvalue weighted by atomic mass is 19.3. The van der Waals surface area contributed by atoms with Gasteiger partial charge in [0.15, 0.2) is 0 Å². The predicted octanol–water partition coefficient (Wildman–Crippen LogP) is 3.73. The summed E-state index contributed by atoms with van der Waals surface area (Å²) in [4.78, 5) is 12.2. The van der Waals surface area contributed by atoms with Crippen molar-refractivity contribution in [3.8, 4) is 0 Å². The standard InChI is InChI=1S/C16H22F2N2O/c1-11(19-2)13-4-3-5-14(10-13)20-15(21)12-6-8-16(17,18)9-7-12/h3-5,10-12,19H,6-9H2,1-2H3,(H,20,21). The van der Waals surface area contributed by atoms with Gasteiger partial charge in [0.1, 0.15) is 0 Å². The summed E-state index contributed by atoms with van der Waals surface area (Å²) in [5.74, 6) is -3.06. The number of hydrogen-bond acceptors (Lipinski definition) is 2. The largest absolute Gasteiger partial charge is 0.326 e. The van der Waals surface area contributed by atoms with E-state index in [-0.39, 0.29) is 43.6 Å². The molecule has 1 amide bonds. The first kappa shape index (κ1) is 15.9. The molecule has 1 aromatic rings. The summed E-state index contributed by atoms with van der Waals surface area (Å²) >= 11 is 0. The van der Waals surface area contributed by atoms with Gasteiger partial charge in [0.2, 0.25) is 11.8 Å². The van der Waals surface area contributed by atoms with E-state index in [1.165, 1.54) is 0 Å². The lowest BCUT2D eigenvalue weighted by Crippen LogP contribution is -2.31. The summed E-state index contributed by atoms with van der Waals surface area (Å²) in [6.45, 7) is 2.03. The fourth-order valence-corrected chi connectivity index (χ4v) is 2.60. The van der Waals surface area contributed by atoms with Crippen LogP contribution >= 0.6 is 0 Å². The van der Waals surface area contributed by atoms with Gasteiger partial charge >= 0.3 is 0 Å². The smallest absolute Gasteiger partial charge is 0.248 e. The highest BCUT2D eigenvalue weighted by molar-refractivity contribution is 5.92. The van der Waals surface area contributed by atoms with Crippen LogP contribution in [0.25, 0.3) is 0 Å². The molecular weight excluding hydrogens is 274 g/mol. The molecule has 0 aromatic heterocycles. The SMILES string of the molecule is CNC(C)c1cccc(NC(=O)C2CCC(F)(F)CC2)c1. The van der Waals surface area contributed by atoms with E-state index in [1.54, 1.807) is 0 Å². The van der Waals surface area contributed by atoms with E-state index >= 15 is 0 Å². The van der Waals surface area contributed by atoms with Crippen molar-refractivity contribution in [3.63, 3.8) is 0 Å². The maximum atomic E-state index is 13.1. The second kappa shape index (κ2) is 6.52. The molecule has 1 aromatic carbocycles. The van der Waals surface area contributed by atoms with Crippen molar-refractivity contribution in [2.75, 3.05) is 12.4 Å². The van der Waals surface area contributed by atoms with Gasteiger partial charge in [-0.15, -0.1) is 0 Å². The molecule has 0 aliphatic heterocycles. The predicted molar refractivity (Wildman–Crippen MR) is 79.5 cm³/mol. The van der Waals surface area contributed by atoms with Gasteiger partial charge in [0.05, 0.1) is 0 Å². The van der Waals surface area contributed by atoms with Crippen molar-refractivity contribution in [2.45, 2.75) is 44.6 Å². The van der Waals surface area contributed by atoms with Gasteiger partial charge in [-0.1, -0.05) is 12.1 Å². The van der Waals surface area contributed by atoms with E-state index in [4.69, 9.17) is 0 Å². The Labute approximate surface area is 124 Å². The molecule has 1 fully saturated rings. The fraction of sp³-hybridized carbons (Fsp3) is 0.562. The maximum Gasteiger partial charge on any atom is 0.248 e. The number of anilines is 1. The number of alkyl halides is 2. The first-order chi connectivity index (χ1) is 9.91. The van der Waals surface area contributed by atoms with Crippen molar-refractivity contribution < 1.29 is 13.6 Å². The Kier molecular flexibility index (Phi) is 4.93. The zero-order valence-corrected chi connectivity index (χ0v) is 12.5. The minimum Gasteiger partial charge on any atom is -0.326 e. The fourth-order valence-electron chi connectivity index (χ4n) is 2.60. The molecular formula is C16H22F2N2O. The van der Waals surface area contributed by atoms with E-state index in [0.29, 0.717) is 0 Å². The minimum atomic E-state index is -2.60. The molecule has 0 bridgehead atoms. The van der Waals surface area contributed by atoms with E-state index in [0.717, 1.165) is 11.3 Å². The lowest BCUT2D eigenvalue weighted by molar-refractivity contribution is -0.124. The van der Waals surface area contributed by atoms with E-state index in [9.17, 15) is 13.6 Å². The van der Waals surface area contributed by atoms with Gasteiger partial charge in [0, 0.05) is 30.5 Å². The number of halogens is 2. The van der Waals surface area contributed by atoms with Gasteiger partial charge in [-0.25, -0.2) is 8.78 Å². The summed E-state index contributed by atoms with van der Waals surface area (Å²) < 4.78 is 26.2. The third-order valence-corrected chi connectivity index (χ3v) is 4.18.